The van der Waals surface area contributed by atoms with Crippen molar-refractivity contribution in [3.05, 3.63) is 57.3 Å². The van der Waals surface area contributed by atoms with Crippen LogP contribution in [0.25, 0.3) is 0 Å². The van der Waals surface area contributed by atoms with Crippen LogP contribution in [-0.4, -0.2) is 29.1 Å². The molecule has 3 rings (SSSR count). The average Bonchev–Trinajstić information content (AvgIpc) is 2.96. The molecule has 1 aliphatic rings. The molecule has 4 nitrogen and oxygen atoms in total. The number of nitrogens with two attached hydrogens (primary N) is 1. The zero-order valence-corrected chi connectivity index (χ0v) is 12.5. The third kappa shape index (κ3) is 2.85. The number of hydrogen-bond acceptors (Lipinski definition) is 4. The molecule has 0 fully saturated rings. The van der Waals surface area contributed by atoms with Crippen LogP contribution < -0.4 is 5.73 Å². The minimum absolute atomic E-state index is 0.0223. The lowest BCUT2D eigenvalue weighted by atomic mass is 9.93. The Morgan fingerprint density at radius 3 is 2.95 bits per heavy atom. The van der Waals surface area contributed by atoms with Crippen LogP contribution in [0, 0.1) is 0 Å². The molecular weight excluding hydrogens is 284 g/mol. The number of aliphatic hydroxyl groups excluding tert-OH is 1. The van der Waals surface area contributed by atoms with Crippen molar-refractivity contribution in [1.82, 2.24) is 4.90 Å². The first-order valence-electron chi connectivity index (χ1n) is 6.99. The molecule has 3 N–H and O–H groups in total. The fourth-order valence-electron chi connectivity index (χ4n) is 2.90. The van der Waals surface area contributed by atoms with Gasteiger partial charge in [0.15, 0.2) is 0 Å². The van der Waals surface area contributed by atoms with E-state index in [2.05, 4.69) is 17.0 Å². The standard InChI is InChI=1S/C16H18N2O2S/c17-16(20)12-7-13(21-10-12)8-18-6-5-11-3-1-2-4-14(11)15(18)9-19/h1-4,7,10,15,19H,5-6,8-9H2,(H2,17,20). The Kier molecular flexibility index (Phi) is 4.05. The summed E-state index contributed by atoms with van der Waals surface area (Å²) in [5.41, 5.74) is 8.38. The van der Waals surface area contributed by atoms with Gasteiger partial charge in [0.2, 0.25) is 5.91 Å². The third-order valence-corrected chi connectivity index (χ3v) is 4.91. The number of fused-ring (bicyclic) bond motifs is 1. The number of thiophene rings is 1. The van der Waals surface area contributed by atoms with Crippen LogP contribution in [0.2, 0.25) is 0 Å². The first-order chi connectivity index (χ1) is 10.2. The Morgan fingerprint density at radius 2 is 2.24 bits per heavy atom. The van der Waals surface area contributed by atoms with E-state index < -0.39 is 0 Å². The van der Waals surface area contributed by atoms with Gasteiger partial charge in [-0.15, -0.1) is 11.3 Å². The van der Waals surface area contributed by atoms with Crippen LogP contribution in [0.4, 0.5) is 0 Å². The number of rotatable bonds is 4. The van der Waals surface area contributed by atoms with E-state index in [4.69, 9.17) is 5.73 Å². The van der Waals surface area contributed by atoms with E-state index in [1.807, 2.05) is 18.2 Å². The highest BCUT2D eigenvalue weighted by molar-refractivity contribution is 7.10. The molecule has 0 radical (unpaired) electrons. The van der Waals surface area contributed by atoms with Crippen molar-refractivity contribution in [2.75, 3.05) is 13.2 Å². The summed E-state index contributed by atoms with van der Waals surface area (Å²) in [6.45, 7) is 1.74. The molecule has 110 valence electrons. The first-order valence-corrected chi connectivity index (χ1v) is 7.87. The van der Waals surface area contributed by atoms with Crippen LogP contribution in [0.3, 0.4) is 0 Å². The summed E-state index contributed by atoms with van der Waals surface area (Å²) in [6, 6.07) is 10.1. The maximum absolute atomic E-state index is 11.2. The van der Waals surface area contributed by atoms with Crippen molar-refractivity contribution < 1.29 is 9.90 Å². The van der Waals surface area contributed by atoms with Crippen molar-refractivity contribution in [2.45, 2.75) is 19.0 Å². The molecule has 2 aromatic rings. The maximum Gasteiger partial charge on any atom is 0.249 e. The van der Waals surface area contributed by atoms with Gasteiger partial charge in [0.05, 0.1) is 18.2 Å². The maximum atomic E-state index is 11.2. The molecule has 1 aromatic heterocycles. The highest BCUT2D eigenvalue weighted by Crippen LogP contribution is 2.31. The van der Waals surface area contributed by atoms with E-state index >= 15 is 0 Å². The smallest absolute Gasteiger partial charge is 0.249 e. The second-order valence-electron chi connectivity index (χ2n) is 5.28. The average molecular weight is 302 g/mol. The first kappa shape index (κ1) is 14.3. The highest BCUT2D eigenvalue weighted by Gasteiger charge is 2.26. The fraction of sp³-hybridized carbons (Fsp3) is 0.312. The highest BCUT2D eigenvalue weighted by atomic mass is 32.1. The molecule has 1 amide bonds. The van der Waals surface area contributed by atoms with Crippen LogP contribution in [0.1, 0.15) is 32.4 Å². The summed E-state index contributed by atoms with van der Waals surface area (Å²) in [7, 11) is 0. The quantitative estimate of drug-likeness (QED) is 0.907. The van der Waals surface area contributed by atoms with Crippen molar-refractivity contribution in [2.24, 2.45) is 5.73 Å². The monoisotopic (exact) mass is 302 g/mol. The lowest BCUT2D eigenvalue weighted by Gasteiger charge is -2.36. The molecule has 1 atom stereocenters. The minimum Gasteiger partial charge on any atom is -0.394 e. The molecule has 0 aliphatic carbocycles. The molecule has 5 heteroatoms. The molecule has 0 saturated carbocycles. The molecule has 0 bridgehead atoms. The molecule has 2 heterocycles. The lowest BCUT2D eigenvalue weighted by Crippen LogP contribution is -2.36. The van der Waals surface area contributed by atoms with E-state index in [9.17, 15) is 9.90 Å². The van der Waals surface area contributed by atoms with Crippen LogP contribution >= 0.6 is 11.3 Å². The van der Waals surface area contributed by atoms with E-state index in [-0.39, 0.29) is 18.6 Å². The zero-order valence-electron chi connectivity index (χ0n) is 11.7. The van der Waals surface area contributed by atoms with Crippen LogP contribution in [-0.2, 0) is 13.0 Å². The topological polar surface area (TPSA) is 66.6 Å². The molecule has 1 aromatic carbocycles. The molecule has 0 saturated heterocycles. The van der Waals surface area contributed by atoms with Gasteiger partial charge in [-0.3, -0.25) is 9.69 Å². The lowest BCUT2D eigenvalue weighted by molar-refractivity contribution is 0.0999. The van der Waals surface area contributed by atoms with Gasteiger partial charge in [0, 0.05) is 23.3 Å². The van der Waals surface area contributed by atoms with E-state index in [0.717, 1.165) is 24.4 Å². The Morgan fingerprint density at radius 1 is 1.43 bits per heavy atom. The molecular formula is C16H18N2O2S. The van der Waals surface area contributed by atoms with Crippen molar-refractivity contribution in [3.8, 4) is 0 Å². The van der Waals surface area contributed by atoms with Gasteiger partial charge in [0.1, 0.15) is 0 Å². The second-order valence-corrected chi connectivity index (χ2v) is 6.28. The number of carbonyl (C=O) groups excluding carboxylic acids is 1. The third-order valence-electron chi connectivity index (χ3n) is 3.99. The van der Waals surface area contributed by atoms with E-state index in [1.165, 1.54) is 11.1 Å². The summed E-state index contributed by atoms with van der Waals surface area (Å²) >= 11 is 1.54. The second kappa shape index (κ2) is 5.97. The SMILES string of the molecule is NC(=O)c1csc(CN2CCc3ccccc3C2CO)c1. The van der Waals surface area contributed by atoms with Crippen molar-refractivity contribution in [1.29, 1.82) is 0 Å². The number of nitrogens with zero attached hydrogens (tertiary/aromatic N) is 1. The predicted octanol–water partition coefficient (Wildman–Crippen LogP) is 1.94. The van der Waals surface area contributed by atoms with Gasteiger partial charge >= 0.3 is 0 Å². The minimum atomic E-state index is -0.389. The number of hydrogen-bond donors (Lipinski definition) is 2. The number of benzene rings is 1. The van der Waals surface area contributed by atoms with Gasteiger partial charge in [-0.2, -0.15) is 0 Å². The summed E-state index contributed by atoms with van der Waals surface area (Å²) in [5.74, 6) is -0.389. The van der Waals surface area contributed by atoms with Crippen LogP contribution in [0.15, 0.2) is 35.7 Å². The summed E-state index contributed by atoms with van der Waals surface area (Å²) in [5, 5.41) is 11.6. The summed E-state index contributed by atoms with van der Waals surface area (Å²) in [4.78, 5) is 14.5. The zero-order chi connectivity index (χ0) is 14.8. The molecule has 21 heavy (non-hydrogen) atoms. The van der Waals surface area contributed by atoms with Crippen molar-refractivity contribution >= 4 is 17.2 Å². The van der Waals surface area contributed by atoms with Crippen LogP contribution in [0.5, 0.6) is 0 Å². The number of amides is 1. The summed E-state index contributed by atoms with van der Waals surface area (Å²) in [6.07, 6.45) is 0.987. The normalized spacial score (nSPS) is 18.4. The summed E-state index contributed by atoms with van der Waals surface area (Å²) < 4.78 is 0. The van der Waals surface area contributed by atoms with Gasteiger partial charge in [-0.05, 0) is 23.6 Å². The molecule has 0 spiro atoms. The van der Waals surface area contributed by atoms with E-state index in [0.29, 0.717) is 5.56 Å². The Labute approximate surface area is 127 Å². The molecule has 1 aliphatic heterocycles. The Balaban J connectivity index is 1.81. The van der Waals surface area contributed by atoms with Gasteiger partial charge in [0.25, 0.3) is 0 Å². The van der Waals surface area contributed by atoms with Gasteiger partial charge in [-0.25, -0.2) is 0 Å². The number of primary amides is 1. The number of aliphatic hydroxyl groups is 1. The Bertz CT molecular complexity index is 653. The predicted molar refractivity (Wildman–Crippen MR) is 83.2 cm³/mol. The largest absolute Gasteiger partial charge is 0.394 e. The van der Waals surface area contributed by atoms with Gasteiger partial charge < -0.3 is 10.8 Å². The van der Waals surface area contributed by atoms with Crippen molar-refractivity contribution in [3.63, 3.8) is 0 Å². The number of carbonyl (C=O) groups is 1. The van der Waals surface area contributed by atoms with E-state index in [1.54, 1.807) is 16.7 Å². The Hall–Kier alpha value is -1.69. The fourth-order valence-corrected chi connectivity index (χ4v) is 3.80. The molecule has 1 unspecified atom stereocenters. The van der Waals surface area contributed by atoms with Gasteiger partial charge in [-0.1, -0.05) is 24.3 Å².